The predicted molar refractivity (Wildman–Crippen MR) is 108 cm³/mol. The van der Waals surface area contributed by atoms with Gasteiger partial charge in [0.05, 0.1) is 18.6 Å². The van der Waals surface area contributed by atoms with Crippen molar-refractivity contribution in [1.29, 1.82) is 0 Å². The van der Waals surface area contributed by atoms with Gasteiger partial charge in [0.2, 0.25) is 0 Å². The highest BCUT2D eigenvalue weighted by atomic mass is 32.2. The maximum absolute atomic E-state index is 13.1. The molecule has 0 aliphatic carbocycles. The molecule has 1 saturated heterocycles. The summed E-state index contributed by atoms with van der Waals surface area (Å²) in [5.41, 5.74) is 1.44. The van der Waals surface area contributed by atoms with Crippen LogP contribution in [0, 0.1) is 5.82 Å². The topological polar surface area (TPSA) is 46.6 Å². The highest BCUT2D eigenvalue weighted by Crippen LogP contribution is 2.37. The van der Waals surface area contributed by atoms with Gasteiger partial charge in [0.25, 0.3) is 11.1 Å². The Morgan fingerprint density at radius 1 is 1.04 bits per heavy atom. The van der Waals surface area contributed by atoms with E-state index in [1.54, 1.807) is 25.3 Å². The number of carbonyl (C=O) groups is 2. The van der Waals surface area contributed by atoms with Gasteiger partial charge in [-0.25, -0.2) is 4.39 Å². The fourth-order valence-corrected chi connectivity index (χ4v) is 3.96. The number of benzene rings is 3. The Bertz CT molecular complexity index is 1110. The molecule has 0 atom stereocenters. The number of halogens is 1. The molecule has 0 unspecified atom stereocenters. The second-order valence-electron chi connectivity index (χ2n) is 6.30. The van der Waals surface area contributed by atoms with Crippen molar-refractivity contribution in [3.05, 3.63) is 82.5 Å². The first-order valence-corrected chi connectivity index (χ1v) is 9.44. The highest BCUT2D eigenvalue weighted by Gasteiger charge is 2.35. The van der Waals surface area contributed by atoms with Crippen LogP contribution < -0.4 is 4.74 Å². The van der Waals surface area contributed by atoms with Crippen molar-refractivity contribution < 1.29 is 18.7 Å². The Labute approximate surface area is 165 Å². The molecule has 28 heavy (non-hydrogen) atoms. The molecule has 0 spiro atoms. The predicted octanol–water partition coefficient (Wildman–Crippen LogP) is 5.22. The fraction of sp³-hybridized carbons (Fsp3) is 0.0909. The van der Waals surface area contributed by atoms with E-state index in [1.165, 1.54) is 17.0 Å². The average Bonchev–Trinajstić information content (AvgIpc) is 2.97. The van der Waals surface area contributed by atoms with Crippen LogP contribution in [0.4, 0.5) is 9.18 Å². The van der Waals surface area contributed by atoms with E-state index < -0.39 is 0 Å². The molecule has 1 aliphatic rings. The zero-order valence-electron chi connectivity index (χ0n) is 15.0. The summed E-state index contributed by atoms with van der Waals surface area (Å²) in [6, 6.07) is 17.3. The van der Waals surface area contributed by atoms with E-state index in [0.717, 1.165) is 28.1 Å². The largest absolute Gasteiger partial charge is 0.496 e. The molecule has 0 bridgehead atoms. The second kappa shape index (κ2) is 7.48. The van der Waals surface area contributed by atoms with Crippen molar-refractivity contribution in [1.82, 2.24) is 4.90 Å². The standard InChI is InChI=1S/C22H16FNO3S/c1-27-19-11-8-15-4-2-3-5-17(15)18(19)12-20-21(25)24(22(26)28-20)13-14-6-9-16(23)10-7-14/h2-12H,13H2,1H3/b20-12-. The van der Waals surface area contributed by atoms with Gasteiger partial charge in [0.15, 0.2) is 0 Å². The van der Waals surface area contributed by atoms with E-state index in [0.29, 0.717) is 16.2 Å². The van der Waals surface area contributed by atoms with Gasteiger partial charge < -0.3 is 4.74 Å². The zero-order chi connectivity index (χ0) is 19.7. The maximum Gasteiger partial charge on any atom is 0.293 e. The molecule has 3 aromatic rings. The summed E-state index contributed by atoms with van der Waals surface area (Å²) in [5.74, 6) is -0.0980. The van der Waals surface area contributed by atoms with Gasteiger partial charge in [-0.2, -0.15) is 0 Å². The number of imide groups is 1. The lowest BCUT2D eigenvalue weighted by atomic mass is 10.0. The van der Waals surface area contributed by atoms with Gasteiger partial charge in [0, 0.05) is 5.56 Å². The van der Waals surface area contributed by atoms with Crippen molar-refractivity contribution in [2.45, 2.75) is 6.54 Å². The van der Waals surface area contributed by atoms with E-state index in [1.807, 2.05) is 36.4 Å². The number of nitrogens with zero attached hydrogens (tertiary/aromatic N) is 1. The summed E-state index contributed by atoms with van der Waals surface area (Å²) in [6.45, 7) is 0.106. The van der Waals surface area contributed by atoms with Gasteiger partial charge in [-0.1, -0.05) is 42.5 Å². The number of carbonyl (C=O) groups excluding carboxylic acids is 2. The normalized spacial score (nSPS) is 15.6. The average molecular weight is 393 g/mol. The van der Waals surface area contributed by atoms with E-state index in [-0.39, 0.29) is 23.5 Å². The molecule has 1 fully saturated rings. The zero-order valence-corrected chi connectivity index (χ0v) is 15.8. The van der Waals surface area contributed by atoms with E-state index >= 15 is 0 Å². The summed E-state index contributed by atoms with van der Waals surface area (Å²) in [6.07, 6.45) is 1.71. The van der Waals surface area contributed by atoms with Gasteiger partial charge >= 0.3 is 0 Å². The van der Waals surface area contributed by atoms with Gasteiger partial charge in [0.1, 0.15) is 11.6 Å². The van der Waals surface area contributed by atoms with E-state index in [9.17, 15) is 14.0 Å². The van der Waals surface area contributed by atoms with Crippen LogP contribution in [-0.4, -0.2) is 23.2 Å². The molecule has 140 valence electrons. The fourth-order valence-electron chi connectivity index (χ4n) is 3.14. The van der Waals surface area contributed by atoms with Crippen molar-refractivity contribution >= 4 is 39.8 Å². The Hall–Kier alpha value is -3.12. The Morgan fingerprint density at radius 3 is 2.54 bits per heavy atom. The summed E-state index contributed by atoms with van der Waals surface area (Å²) in [4.78, 5) is 26.7. The van der Waals surface area contributed by atoms with Crippen molar-refractivity contribution in [2.75, 3.05) is 7.11 Å². The van der Waals surface area contributed by atoms with Gasteiger partial charge in [-0.05, 0) is 52.4 Å². The highest BCUT2D eigenvalue weighted by molar-refractivity contribution is 8.18. The first kappa shape index (κ1) is 18.3. The second-order valence-corrected chi connectivity index (χ2v) is 7.29. The lowest BCUT2D eigenvalue weighted by molar-refractivity contribution is -0.123. The van der Waals surface area contributed by atoms with Crippen molar-refractivity contribution in [3.63, 3.8) is 0 Å². The molecular formula is C22H16FNO3S. The number of amides is 2. The Morgan fingerprint density at radius 2 is 1.79 bits per heavy atom. The molecule has 2 amide bonds. The third kappa shape index (κ3) is 3.39. The smallest absolute Gasteiger partial charge is 0.293 e. The van der Waals surface area contributed by atoms with Crippen LogP contribution in [0.25, 0.3) is 16.8 Å². The van der Waals surface area contributed by atoms with E-state index in [4.69, 9.17) is 4.74 Å². The molecule has 1 aliphatic heterocycles. The minimum absolute atomic E-state index is 0.106. The molecule has 0 aromatic heterocycles. The summed E-state index contributed by atoms with van der Waals surface area (Å²) in [5, 5.41) is 1.60. The summed E-state index contributed by atoms with van der Waals surface area (Å²) >= 11 is 0.896. The van der Waals surface area contributed by atoms with Crippen LogP contribution in [0.3, 0.4) is 0 Å². The first-order chi connectivity index (χ1) is 13.6. The van der Waals surface area contributed by atoms with Crippen LogP contribution in [-0.2, 0) is 11.3 Å². The molecule has 3 aromatic carbocycles. The van der Waals surface area contributed by atoms with Crippen molar-refractivity contribution in [2.24, 2.45) is 0 Å². The monoisotopic (exact) mass is 393 g/mol. The molecule has 0 radical (unpaired) electrons. The third-order valence-corrected chi connectivity index (χ3v) is 5.46. The van der Waals surface area contributed by atoms with Crippen LogP contribution >= 0.6 is 11.8 Å². The van der Waals surface area contributed by atoms with Gasteiger partial charge in [-0.15, -0.1) is 0 Å². The number of thioether (sulfide) groups is 1. The lowest BCUT2D eigenvalue weighted by Crippen LogP contribution is -2.27. The van der Waals surface area contributed by atoms with Crippen molar-refractivity contribution in [3.8, 4) is 5.75 Å². The summed E-state index contributed by atoms with van der Waals surface area (Å²) < 4.78 is 18.5. The number of ether oxygens (including phenoxy) is 1. The Balaban J connectivity index is 1.70. The maximum atomic E-state index is 13.1. The molecule has 0 saturated carbocycles. The quantitative estimate of drug-likeness (QED) is 0.570. The molecule has 1 heterocycles. The molecule has 4 rings (SSSR count). The first-order valence-electron chi connectivity index (χ1n) is 8.62. The van der Waals surface area contributed by atoms with E-state index in [2.05, 4.69) is 0 Å². The van der Waals surface area contributed by atoms with Gasteiger partial charge in [-0.3, -0.25) is 14.5 Å². The lowest BCUT2D eigenvalue weighted by Gasteiger charge is -2.12. The number of rotatable bonds is 4. The number of methoxy groups -OCH3 is 1. The van der Waals surface area contributed by atoms with Crippen LogP contribution in [0.1, 0.15) is 11.1 Å². The number of fused-ring (bicyclic) bond motifs is 1. The minimum Gasteiger partial charge on any atom is -0.496 e. The summed E-state index contributed by atoms with van der Waals surface area (Å²) in [7, 11) is 1.57. The van der Waals surface area contributed by atoms with Crippen LogP contribution in [0.2, 0.25) is 0 Å². The molecule has 4 nitrogen and oxygen atoms in total. The molecule has 6 heteroatoms. The SMILES string of the molecule is COc1ccc2ccccc2c1/C=C1\SC(=O)N(Cc2ccc(F)cc2)C1=O. The number of hydrogen-bond donors (Lipinski definition) is 0. The molecule has 0 N–H and O–H groups in total. The Kier molecular flexibility index (Phi) is 4.88. The molecular weight excluding hydrogens is 377 g/mol. The number of hydrogen-bond acceptors (Lipinski definition) is 4. The van der Waals surface area contributed by atoms with Crippen LogP contribution in [0.5, 0.6) is 5.75 Å². The minimum atomic E-state index is -0.366. The van der Waals surface area contributed by atoms with Crippen LogP contribution in [0.15, 0.2) is 65.6 Å². The third-order valence-electron chi connectivity index (χ3n) is 4.55.